The number of nitro groups is 1. The number of amides is 1. The van der Waals surface area contributed by atoms with Gasteiger partial charge in [-0.3, -0.25) is 14.9 Å². The van der Waals surface area contributed by atoms with Crippen LogP contribution in [0.25, 0.3) is 0 Å². The lowest BCUT2D eigenvalue weighted by Gasteiger charge is -2.14. The van der Waals surface area contributed by atoms with Gasteiger partial charge < -0.3 is 10.1 Å². The molecule has 1 atom stereocenters. The van der Waals surface area contributed by atoms with Crippen LogP contribution in [0.1, 0.15) is 22.8 Å². The van der Waals surface area contributed by atoms with Gasteiger partial charge in [0.15, 0.2) is 6.10 Å². The maximum absolute atomic E-state index is 12.2. The van der Waals surface area contributed by atoms with E-state index in [0.717, 1.165) is 0 Å². The molecule has 0 unspecified atom stereocenters. The zero-order chi connectivity index (χ0) is 21.1. The summed E-state index contributed by atoms with van der Waals surface area (Å²) in [5.74, 6) is -1.46. The number of nitro benzene ring substituents is 1. The summed E-state index contributed by atoms with van der Waals surface area (Å²) in [6, 6.07) is 8.85. The molecule has 10 nitrogen and oxygen atoms in total. The number of rotatable bonds is 6. The number of ether oxygens (including phenoxy) is 1. The smallest absolute Gasteiger partial charge is 0.338 e. The minimum absolute atomic E-state index is 0.0697. The van der Waals surface area contributed by atoms with E-state index in [1.54, 1.807) is 0 Å². The van der Waals surface area contributed by atoms with Gasteiger partial charge in [0.2, 0.25) is 10.0 Å². The second-order valence-electron chi connectivity index (χ2n) is 5.86. The Morgan fingerprint density at radius 1 is 1.18 bits per heavy atom. The van der Waals surface area contributed by atoms with Crippen molar-refractivity contribution in [1.82, 2.24) is 0 Å². The van der Waals surface area contributed by atoms with E-state index in [0.29, 0.717) is 0 Å². The van der Waals surface area contributed by atoms with Gasteiger partial charge in [-0.1, -0.05) is 0 Å². The van der Waals surface area contributed by atoms with Crippen LogP contribution >= 0.6 is 0 Å². The Morgan fingerprint density at radius 2 is 1.79 bits per heavy atom. The van der Waals surface area contributed by atoms with Crippen LogP contribution in [0.15, 0.2) is 47.4 Å². The minimum atomic E-state index is -3.85. The minimum Gasteiger partial charge on any atom is -0.449 e. The van der Waals surface area contributed by atoms with Crippen LogP contribution in [0.3, 0.4) is 0 Å². The molecule has 1 amide bonds. The molecule has 0 aliphatic rings. The highest BCUT2D eigenvalue weighted by molar-refractivity contribution is 7.89. The summed E-state index contributed by atoms with van der Waals surface area (Å²) < 4.78 is 27.5. The second kappa shape index (κ2) is 8.15. The third-order valence-electron chi connectivity index (χ3n) is 3.73. The van der Waals surface area contributed by atoms with Crippen molar-refractivity contribution in [3.63, 3.8) is 0 Å². The van der Waals surface area contributed by atoms with Crippen molar-refractivity contribution in [3.8, 4) is 0 Å². The molecule has 148 valence electrons. The lowest BCUT2D eigenvalue weighted by Crippen LogP contribution is -2.30. The van der Waals surface area contributed by atoms with E-state index in [-0.39, 0.29) is 27.4 Å². The number of hydrogen-bond acceptors (Lipinski definition) is 7. The highest BCUT2D eigenvalue weighted by Crippen LogP contribution is 2.20. The first-order chi connectivity index (χ1) is 13.0. The van der Waals surface area contributed by atoms with Crippen LogP contribution in [-0.4, -0.2) is 31.3 Å². The van der Waals surface area contributed by atoms with Crippen molar-refractivity contribution >= 4 is 33.3 Å². The maximum atomic E-state index is 12.2. The Hall–Kier alpha value is -3.31. The summed E-state index contributed by atoms with van der Waals surface area (Å²) in [5, 5.41) is 18.3. The largest absolute Gasteiger partial charge is 0.449 e. The zero-order valence-electron chi connectivity index (χ0n) is 14.9. The topological polar surface area (TPSA) is 159 Å². The summed E-state index contributed by atoms with van der Waals surface area (Å²) in [5.41, 5.74) is 0.503. The number of sulfonamides is 1. The Balaban J connectivity index is 2.02. The molecule has 0 saturated carbocycles. The summed E-state index contributed by atoms with van der Waals surface area (Å²) >= 11 is 0. The predicted octanol–water partition coefficient (Wildman–Crippen LogP) is 1.73. The molecule has 11 heteroatoms. The summed E-state index contributed by atoms with van der Waals surface area (Å²) in [7, 11) is -3.85. The van der Waals surface area contributed by atoms with Crippen LogP contribution < -0.4 is 10.5 Å². The zero-order valence-corrected chi connectivity index (χ0v) is 15.7. The first-order valence-corrected chi connectivity index (χ1v) is 9.43. The Morgan fingerprint density at radius 3 is 2.29 bits per heavy atom. The highest BCUT2D eigenvalue weighted by atomic mass is 32.2. The van der Waals surface area contributed by atoms with Gasteiger partial charge >= 0.3 is 5.97 Å². The maximum Gasteiger partial charge on any atom is 0.338 e. The Labute approximate surface area is 160 Å². The fourth-order valence-electron chi connectivity index (χ4n) is 2.24. The number of primary sulfonamides is 1. The molecule has 0 saturated heterocycles. The van der Waals surface area contributed by atoms with E-state index in [4.69, 9.17) is 9.88 Å². The van der Waals surface area contributed by atoms with E-state index in [1.165, 1.54) is 56.3 Å². The number of hydrogen-bond donors (Lipinski definition) is 2. The fourth-order valence-corrected chi connectivity index (χ4v) is 2.76. The Kier molecular flexibility index (Phi) is 6.11. The number of carbonyl (C=O) groups is 2. The summed E-state index contributed by atoms with van der Waals surface area (Å²) in [4.78, 5) is 34.4. The molecule has 0 aliphatic heterocycles. The third kappa shape index (κ3) is 5.11. The average Bonchev–Trinajstić information content (AvgIpc) is 2.60. The lowest BCUT2D eigenvalue weighted by atomic mass is 10.1. The molecular weight excluding hydrogens is 390 g/mol. The van der Waals surface area contributed by atoms with Gasteiger partial charge in [-0.05, 0) is 50.2 Å². The van der Waals surface area contributed by atoms with Gasteiger partial charge in [0.05, 0.1) is 15.4 Å². The normalized spacial score (nSPS) is 12.1. The van der Waals surface area contributed by atoms with E-state index >= 15 is 0 Å². The van der Waals surface area contributed by atoms with Crippen LogP contribution in [0.4, 0.5) is 11.4 Å². The van der Waals surface area contributed by atoms with Crippen molar-refractivity contribution < 1.29 is 27.7 Å². The number of benzene rings is 2. The van der Waals surface area contributed by atoms with Crippen LogP contribution in [0.5, 0.6) is 0 Å². The number of carbonyl (C=O) groups excluding carboxylic acids is 2. The van der Waals surface area contributed by atoms with Crippen molar-refractivity contribution in [2.75, 3.05) is 5.32 Å². The standard InChI is InChI=1S/C17H17N3O7S/c1-10-9-12(3-8-15(10)20(23)24)17(22)27-11(2)16(21)19-13-4-6-14(7-5-13)28(18,25)26/h3-9,11H,1-2H3,(H,19,21)(H2,18,25,26)/t11-/m0/s1. The van der Waals surface area contributed by atoms with Crippen molar-refractivity contribution in [3.05, 3.63) is 63.7 Å². The summed E-state index contributed by atoms with van der Waals surface area (Å²) in [6.45, 7) is 2.83. The molecule has 0 aliphatic carbocycles. The quantitative estimate of drug-likeness (QED) is 0.419. The SMILES string of the molecule is Cc1cc(C(=O)O[C@@H](C)C(=O)Nc2ccc(S(N)(=O)=O)cc2)ccc1[N+](=O)[O-]. The Bertz CT molecular complexity index is 1030. The van der Waals surface area contributed by atoms with Gasteiger partial charge in [0.1, 0.15) is 0 Å². The number of nitrogens with one attached hydrogen (secondary N) is 1. The van der Waals surface area contributed by atoms with E-state index in [2.05, 4.69) is 5.32 Å². The molecule has 2 rings (SSSR count). The molecule has 2 aromatic carbocycles. The van der Waals surface area contributed by atoms with Gasteiger partial charge in [-0.25, -0.2) is 18.4 Å². The molecular formula is C17H17N3O7S. The monoisotopic (exact) mass is 407 g/mol. The molecule has 0 radical (unpaired) electrons. The molecule has 28 heavy (non-hydrogen) atoms. The number of aryl methyl sites for hydroxylation is 1. The van der Waals surface area contributed by atoms with Gasteiger partial charge in [0.25, 0.3) is 11.6 Å². The number of nitrogens with two attached hydrogens (primary N) is 1. The second-order valence-corrected chi connectivity index (χ2v) is 7.43. The molecule has 0 fully saturated rings. The van der Waals surface area contributed by atoms with Crippen molar-refractivity contribution in [2.45, 2.75) is 24.8 Å². The molecule has 3 N–H and O–H groups in total. The molecule has 0 aromatic heterocycles. The molecule has 0 spiro atoms. The first kappa shape index (κ1) is 21.0. The molecule has 0 heterocycles. The molecule has 0 bridgehead atoms. The van der Waals surface area contributed by atoms with E-state index in [1.807, 2.05) is 0 Å². The van der Waals surface area contributed by atoms with Gasteiger partial charge in [-0.2, -0.15) is 0 Å². The van der Waals surface area contributed by atoms with Crippen molar-refractivity contribution in [2.24, 2.45) is 5.14 Å². The van der Waals surface area contributed by atoms with E-state index < -0.39 is 32.9 Å². The molecule has 2 aromatic rings. The highest BCUT2D eigenvalue weighted by Gasteiger charge is 2.21. The van der Waals surface area contributed by atoms with Gasteiger partial charge in [-0.15, -0.1) is 0 Å². The first-order valence-electron chi connectivity index (χ1n) is 7.89. The number of anilines is 1. The van der Waals surface area contributed by atoms with Crippen LogP contribution in [-0.2, 0) is 19.6 Å². The number of esters is 1. The van der Waals surface area contributed by atoms with Crippen molar-refractivity contribution in [1.29, 1.82) is 0 Å². The van der Waals surface area contributed by atoms with E-state index in [9.17, 15) is 28.1 Å². The van der Waals surface area contributed by atoms with Gasteiger partial charge in [0, 0.05) is 17.3 Å². The fraction of sp³-hybridized carbons (Fsp3) is 0.176. The number of nitrogens with zero attached hydrogens (tertiary/aromatic N) is 1. The summed E-state index contributed by atoms with van der Waals surface area (Å²) in [6.07, 6.45) is -1.17. The lowest BCUT2D eigenvalue weighted by molar-refractivity contribution is -0.385. The van der Waals surface area contributed by atoms with Crippen LogP contribution in [0.2, 0.25) is 0 Å². The predicted molar refractivity (Wildman–Crippen MR) is 99.2 cm³/mol. The van der Waals surface area contributed by atoms with Crippen LogP contribution in [0, 0.1) is 17.0 Å². The third-order valence-corrected chi connectivity index (χ3v) is 4.66. The average molecular weight is 407 g/mol.